The predicted octanol–water partition coefficient (Wildman–Crippen LogP) is 4.26. The van der Waals surface area contributed by atoms with Crippen molar-refractivity contribution in [1.29, 1.82) is 0 Å². The summed E-state index contributed by atoms with van der Waals surface area (Å²) in [5.74, 6) is 0.892. The van der Waals surface area contributed by atoms with E-state index in [4.69, 9.17) is 16.3 Å². The van der Waals surface area contributed by atoms with Crippen molar-refractivity contribution in [2.45, 2.75) is 50.4 Å². The summed E-state index contributed by atoms with van der Waals surface area (Å²) < 4.78 is 7.82. The Kier molecular flexibility index (Phi) is 6.98. The van der Waals surface area contributed by atoms with Crippen LogP contribution in [-0.4, -0.2) is 45.8 Å². The number of ether oxygens (including phenoxy) is 1. The molecule has 1 saturated heterocycles. The number of piperidine rings is 1. The van der Waals surface area contributed by atoms with Crippen molar-refractivity contribution in [3.63, 3.8) is 0 Å². The van der Waals surface area contributed by atoms with Gasteiger partial charge in [-0.2, -0.15) is 5.10 Å². The molecule has 2 heterocycles. The largest absolute Gasteiger partial charge is 0.492 e. The van der Waals surface area contributed by atoms with Crippen molar-refractivity contribution < 1.29 is 4.74 Å². The zero-order valence-corrected chi connectivity index (χ0v) is 16.7. The SMILES string of the molecule is CCCN1CCCCC1C(Cl)COc1ccc(Cc2cnn(C)c2)cc1. The highest BCUT2D eigenvalue weighted by Gasteiger charge is 2.28. The summed E-state index contributed by atoms with van der Waals surface area (Å²) >= 11 is 6.71. The summed E-state index contributed by atoms with van der Waals surface area (Å²) in [5.41, 5.74) is 2.48. The number of hydrogen-bond acceptors (Lipinski definition) is 3. The molecule has 0 N–H and O–H groups in total. The molecular formula is C21H30ClN3O. The standard InChI is InChI=1S/C21H30ClN3O/c1-3-11-25-12-5-4-6-21(25)20(22)16-26-19-9-7-17(8-10-19)13-18-14-23-24(2)15-18/h7-10,14-15,20-21H,3-6,11-13,16H2,1-2H3. The molecule has 2 atom stereocenters. The van der Waals surface area contributed by atoms with Crippen molar-refractivity contribution >= 4 is 11.6 Å². The molecule has 142 valence electrons. The Morgan fingerprint density at radius 3 is 2.73 bits per heavy atom. The molecule has 1 aliphatic heterocycles. The van der Waals surface area contributed by atoms with Gasteiger partial charge in [0.15, 0.2) is 0 Å². The van der Waals surface area contributed by atoms with Crippen LogP contribution in [0.2, 0.25) is 0 Å². The van der Waals surface area contributed by atoms with E-state index in [2.05, 4.69) is 35.3 Å². The maximum absolute atomic E-state index is 6.71. The molecule has 0 saturated carbocycles. The maximum atomic E-state index is 6.71. The number of likely N-dealkylation sites (tertiary alicyclic amines) is 1. The molecule has 1 aliphatic rings. The van der Waals surface area contributed by atoms with Gasteiger partial charge in [0.05, 0.1) is 11.6 Å². The van der Waals surface area contributed by atoms with Crippen LogP contribution in [0.3, 0.4) is 0 Å². The van der Waals surface area contributed by atoms with E-state index >= 15 is 0 Å². The van der Waals surface area contributed by atoms with Crippen LogP contribution < -0.4 is 4.74 Å². The molecule has 5 heteroatoms. The Balaban J connectivity index is 1.50. The first-order chi connectivity index (χ1) is 12.7. The molecule has 2 unspecified atom stereocenters. The van der Waals surface area contributed by atoms with Gasteiger partial charge in [-0.1, -0.05) is 25.5 Å². The van der Waals surface area contributed by atoms with Crippen molar-refractivity contribution in [2.75, 3.05) is 19.7 Å². The third kappa shape index (κ3) is 5.24. The van der Waals surface area contributed by atoms with Crippen molar-refractivity contribution in [2.24, 2.45) is 7.05 Å². The lowest BCUT2D eigenvalue weighted by Gasteiger charge is -2.38. The summed E-state index contributed by atoms with van der Waals surface area (Å²) in [6.45, 7) is 5.11. The van der Waals surface area contributed by atoms with Crippen LogP contribution in [0, 0.1) is 0 Å². The van der Waals surface area contributed by atoms with Crippen LogP contribution in [0.15, 0.2) is 36.7 Å². The smallest absolute Gasteiger partial charge is 0.119 e. The zero-order chi connectivity index (χ0) is 18.4. The first-order valence-corrected chi connectivity index (χ1v) is 10.2. The summed E-state index contributed by atoms with van der Waals surface area (Å²) in [6, 6.07) is 8.76. The monoisotopic (exact) mass is 375 g/mol. The molecule has 0 spiro atoms. The molecule has 4 nitrogen and oxygen atoms in total. The first-order valence-electron chi connectivity index (χ1n) is 9.73. The Labute approximate surface area is 162 Å². The highest BCUT2D eigenvalue weighted by atomic mass is 35.5. The van der Waals surface area contributed by atoms with E-state index in [0.29, 0.717) is 12.6 Å². The molecule has 3 rings (SSSR count). The molecule has 1 aromatic heterocycles. The predicted molar refractivity (Wildman–Crippen MR) is 107 cm³/mol. The van der Waals surface area contributed by atoms with Gasteiger partial charge in [0, 0.05) is 25.7 Å². The fourth-order valence-corrected chi connectivity index (χ4v) is 4.13. The van der Waals surface area contributed by atoms with Crippen LogP contribution in [-0.2, 0) is 13.5 Å². The molecule has 2 aromatic rings. The summed E-state index contributed by atoms with van der Waals surface area (Å²) in [5, 5.41) is 4.25. The Morgan fingerprint density at radius 1 is 1.23 bits per heavy atom. The van der Waals surface area contributed by atoms with Crippen molar-refractivity contribution in [3.8, 4) is 5.75 Å². The van der Waals surface area contributed by atoms with E-state index in [0.717, 1.165) is 18.7 Å². The molecule has 1 fully saturated rings. The zero-order valence-electron chi connectivity index (χ0n) is 15.9. The minimum absolute atomic E-state index is 0.0388. The van der Waals surface area contributed by atoms with Crippen LogP contribution in [0.5, 0.6) is 5.75 Å². The second-order valence-electron chi connectivity index (χ2n) is 7.27. The highest BCUT2D eigenvalue weighted by Crippen LogP contribution is 2.24. The number of nitrogens with zero attached hydrogens (tertiary/aromatic N) is 3. The Bertz CT molecular complexity index is 668. The van der Waals surface area contributed by atoms with Crippen LogP contribution in [0.4, 0.5) is 0 Å². The second kappa shape index (κ2) is 9.43. The van der Waals surface area contributed by atoms with Gasteiger partial charge in [-0.25, -0.2) is 0 Å². The van der Waals surface area contributed by atoms with E-state index in [1.807, 2.05) is 30.1 Å². The molecule has 0 bridgehead atoms. The summed E-state index contributed by atoms with van der Waals surface area (Å²) in [4.78, 5) is 2.54. The summed E-state index contributed by atoms with van der Waals surface area (Å²) in [7, 11) is 1.94. The number of aromatic nitrogens is 2. The highest BCUT2D eigenvalue weighted by molar-refractivity contribution is 6.21. The molecular weight excluding hydrogens is 346 g/mol. The van der Waals surface area contributed by atoms with Gasteiger partial charge in [0.25, 0.3) is 0 Å². The number of alkyl halides is 1. The van der Waals surface area contributed by atoms with Crippen molar-refractivity contribution in [1.82, 2.24) is 14.7 Å². The van der Waals surface area contributed by atoms with E-state index in [9.17, 15) is 0 Å². The normalized spacial score (nSPS) is 19.4. The fourth-order valence-electron chi connectivity index (χ4n) is 3.78. The lowest BCUT2D eigenvalue weighted by atomic mass is 9.99. The third-order valence-electron chi connectivity index (χ3n) is 5.09. The Morgan fingerprint density at radius 2 is 2.04 bits per heavy atom. The van der Waals surface area contributed by atoms with E-state index < -0.39 is 0 Å². The van der Waals surface area contributed by atoms with E-state index in [-0.39, 0.29) is 5.38 Å². The Hall–Kier alpha value is -1.52. The lowest BCUT2D eigenvalue weighted by molar-refractivity contribution is 0.127. The number of hydrogen-bond donors (Lipinski definition) is 0. The minimum atomic E-state index is 0.0388. The molecule has 0 aliphatic carbocycles. The topological polar surface area (TPSA) is 30.3 Å². The van der Waals surface area contributed by atoms with Crippen molar-refractivity contribution in [3.05, 3.63) is 47.8 Å². The molecule has 0 radical (unpaired) electrons. The maximum Gasteiger partial charge on any atom is 0.119 e. The first kappa shape index (κ1) is 19.2. The van der Waals surface area contributed by atoms with Gasteiger partial charge < -0.3 is 4.74 Å². The number of aryl methyl sites for hydroxylation is 1. The lowest BCUT2D eigenvalue weighted by Crippen LogP contribution is -2.46. The summed E-state index contributed by atoms with van der Waals surface area (Å²) in [6.07, 6.45) is 9.78. The van der Waals surface area contributed by atoms with E-state index in [1.54, 1.807) is 0 Å². The second-order valence-corrected chi connectivity index (χ2v) is 7.83. The van der Waals surface area contributed by atoms with Gasteiger partial charge in [-0.05, 0) is 55.6 Å². The van der Waals surface area contributed by atoms with Gasteiger partial charge in [-0.15, -0.1) is 11.6 Å². The van der Waals surface area contributed by atoms with Gasteiger partial charge in [0.2, 0.25) is 0 Å². The van der Waals surface area contributed by atoms with Gasteiger partial charge in [-0.3, -0.25) is 9.58 Å². The minimum Gasteiger partial charge on any atom is -0.492 e. The van der Waals surface area contributed by atoms with Gasteiger partial charge >= 0.3 is 0 Å². The number of rotatable bonds is 8. The number of benzene rings is 1. The average Bonchev–Trinajstić information content (AvgIpc) is 3.06. The molecule has 0 amide bonds. The van der Waals surface area contributed by atoms with E-state index in [1.165, 1.54) is 43.4 Å². The number of halogens is 1. The fraction of sp³-hybridized carbons (Fsp3) is 0.571. The molecule has 26 heavy (non-hydrogen) atoms. The van der Waals surface area contributed by atoms with Crippen LogP contribution in [0.25, 0.3) is 0 Å². The van der Waals surface area contributed by atoms with Crippen LogP contribution >= 0.6 is 11.6 Å². The molecule has 1 aromatic carbocycles. The van der Waals surface area contributed by atoms with Crippen LogP contribution in [0.1, 0.15) is 43.7 Å². The van der Waals surface area contributed by atoms with Gasteiger partial charge in [0.1, 0.15) is 12.4 Å². The third-order valence-corrected chi connectivity index (χ3v) is 5.51. The average molecular weight is 376 g/mol. The quantitative estimate of drug-likeness (QED) is 0.646.